The Morgan fingerprint density at radius 2 is 1.80 bits per heavy atom. The first-order valence-electron chi connectivity index (χ1n) is 14.2. The number of carbonyl (C=O) groups excluding carboxylic acids is 2. The largest absolute Gasteiger partial charge is 0.492 e. The summed E-state index contributed by atoms with van der Waals surface area (Å²) in [5.74, 6) is -0.879. The van der Waals surface area contributed by atoms with Gasteiger partial charge in [-0.25, -0.2) is 4.39 Å². The minimum Gasteiger partial charge on any atom is -0.492 e. The number of primary amides is 1. The lowest BCUT2D eigenvalue weighted by molar-refractivity contribution is -0.256. The molecule has 11 heteroatoms. The molecule has 0 unspecified atom stereocenters. The van der Waals surface area contributed by atoms with E-state index in [2.05, 4.69) is 4.98 Å². The van der Waals surface area contributed by atoms with Gasteiger partial charge in [0.25, 0.3) is 5.91 Å². The van der Waals surface area contributed by atoms with Crippen LogP contribution in [-0.2, 0) is 4.79 Å². The van der Waals surface area contributed by atoms with Crippen molar-refractivity contribution in [3.8, 4) is 17.0 Å². The number of alkyl halides is 3. The summed E-state index contributed by atoms with van der Waals surface area (Å²) >= 11 is 0. The van der Waals surface area contributed by atoms with Crippen molar-refractivity contribution in [2.75, 3.05) is 32.8 Å². The van der Waals surface area contributed by atoms with Crippen LogP contribution in [0.25, 0.3) is 11.3 Å². The van der Waals surface area contributed by atoms with Crippen LogP contribution in [-0.4, -0.2) is 71.1 Å². The standard InChI is InChI=1S/C30H36F4N4O3/c1-28(27(35)40)10-3-13-38(28)26(39)21-4-6-23(24(31)16-21)25-7-5-22(17-36-25)41-18-20-8-14-37(15-9-20)19-29(11-2-12-29)30(32,33)34/h4-7,16-17,20H,2-3,8-15,18-19H2,1H3,(H2,35,40)/t28-/m0/s1. The van der Waals surface area contributed by atoms with Crippen LogP contribution >= 0.6 is 0 Å². The number of hydrogen-bond donors (Lipinski definition) is 1. The molecule has 1 aliphatic carbocycles. The zero-order valence-corrected chi connectivity index (χ0v) is 23.2. The van der Waals surface area contributed by atoms with E-state index in [1.807, 2.05) is 4.90 Å². The van der Waals surface area contributed by atoms with E-state index < -0.39 is 34.8 Å². The maximum absolute atomic E-state index is 15.1. The van der Waals surface area contributed by atoms with Crippen LogP contribution in [0.4, 0.5) is 17.6 Å². The lowest BCUT2D eigenvalue weighted by Gasteiger charge is -2.47. The van der Waals surface area contributed by atoms with E-state index in [-0.39, 0.29) is 36.4 Å². The highest BCUT2D eigenvalue weighted by Crippen LogP contribution is 2.53. The number of likely N-dealkylation sites (tertiary alicyclic amines) is 2. The van der Waals surface area contributed by atoms with Crippen molar-refractivity contribution in [2.45, 2.75) is 63.6 Å². The minimum atomic E-state index is -4.14. The van der Waals surface area contributed by atoms with Gasteiger partial charge in [0.2, 0.25) is 5.91 Å². The predicted octanol–water partition coefficient (Wildman–Crippen LogP) is 5.19. The van der Waals surface area contributed by atoms with Gasteiger partial charge < -0.3 is 20.3 Å². The number of halogens is 4. The molecule has 0 radical (unpaired) electrons. The van der Waals surface area contributed by atoms with Crippen LogP contribution in [0.15, 0.2) is 36.5 Å². The molecule has 3 heterocycles. The number of carbonyl (C=O) groups is 2. The molecular formula is C30H36F4N4O3. The topological polar surface area (TPSA) is 88.8 Å². The number of rotatable bonds is 8. The van der Waals surface area contributed by atoms with E-state index in [1.54, 1.807) is 19.1 Å². The summed E-state index contributed by atoms with van der Waals surface area (Å²) in [6.07, 6.45) is 1.11. The molecule has 1 aromatic carbocycles. The number of nitrogens with two attached hydrogens (primary N) is 1. The number of piperidine rings is 1. The lowest BCUT2D eigenvalue weighted by atomic mass is 9.67. The quantitative estimate of drug-likeness (QED) is 0.437. The van der Waals surface area contributed by atoms with Gasteiger partial charge in [0.15, 0.2) is 0 Å². The third-order valence-corrected chi connectivity index (χ3v) is 9.28. The number of aromatic nitrogens is 1. The Morgan fingerprint density at radius 1 is 1.07 bits per heavy atom. The summed E-state index contributed by atoms with van der Waals surface area (Å²) in [5, 5.41) is 0. The van der Waals surface area contributed by atoms with E-state index in [0.29, 0.717) is 56.9 Å². The average Bonchev–Trinajstić information content (AvgIpc) is 3.32. The Labute approximate surface area is 237 Å². The van der Waals surface area contributed by atoms with Gasteiger partial charge in [0.05, 0.1) is 23.9 Å². The van der Waals surface area contributed by atoms with Crippen molar-refractivity contribution in [3.05, 3.63) is 47.9 Å². The Morgan fingerprint density at radius 3 is 2.37 bits per heavy atom. The maximum Gasteiger partial charge on any atom is 0.395 e. The number of nitrogens with zero attached hydrogens (tertiary/aromatic N) is 3. The van der Waals surface area contributed by atoms with Crippen molar-refractivity contribution in [3.63, 3.8) is 0 Å². The van der Waals surface area contributed by atoms with Crippen molar-refractivity contribution in [1.29, 1.82) is 0 Å². The fourth-order valence-electron chi connectivity index (χ4n) is 6.27. The second-order valence-corrected chi connectivity index (χ2v) is 11.9. The summed E-state index contributed by atoms with van der Waals surface area (Å²) in [6, 6.07) is 7.49. The molecule has 3 fully saturated rings. The van der Waals surface area contributed by atoms with E-state index >= 15 is 4.39 Å². The highest BCUT2D eigenvalue weighted by molar-refractivity contribution is 5.99. The molecule has 2 saturated heterocycles. The van der Waals surface area contributed by atoms with Gasteiger partial charge in [-0.15, -0.1) is 0 Å². The highest BCUT2D eigenvalue weighted by atomic mass is 19.4. The van der Waals surface area contributed by atoms with E-state index in [9.17, 15) is 22.8 Å². The first-order valence-corrected chi connectivity index (χ1v) is 14.2. The SMILES string of the molecule is C[C@@]1(C(N)=O)CCCN1C(=O)c1ccc(-c2ccc(OCC3CCN(CC4(C(F)(F)F)CCC4)CC3)cn2)c(F)c1. The fraction of sp³-hybridized carbons (Fsp3) is 0.567. The van der Waals surface area contributed by atoms with Crippen LogP contribution in [0.3, 0.4) is 0 Å². The molecule has 5 rings (SSSR count). The molecular weight excluding hydrogens is 540 g/mol. The van der Waals surface area contributed by atoms with Gasteiger partial charge in [0, 0.05) is 24.2 Å². The maximum atomic E-state index is 15.1. The van der Waals surface area contributed by atoms with Gasteiger partial charge in [-0.3, -0.25) is 14.6 Å². The van der Waals surface area contributed by atoms with Crippen molar-refractivity contribution < 1.29 is 31.9 Å². The molecule has 1 atom stereocenters. The van der Waals surface area contributed by atoms with E-state index in [1.165, 1.54) is 23.2 Å². The molecule has 1 aromatic heterocycles. The van der Waals surface area contributed by atoms with Gasteiger partial charge in [-0.1, -0.05) is 6.42 Å². The van der Waals surface area contributed by atoms with Crippen molar-refractivity contribution in [1.82, 2.24) is 14.8 Å². The van der Waals surface area contributed by atoms with Gasteiger partial charge in [-0.05, 0) is 94.8 Å². The zero-order valence-electron chi connectivity index (χ0n) is 23.2. The summed E-state index contributed by atoms with van der Waals surface area (Å²) in [6.45, 7) is 3.78. The van der Waals surface area contributed by atoms with Crippen LogP contribution in [0.2, 0.25) is 0 Å². The Balaban J connectivity index is 1.14. The van der Waals surface area contributed by atoms with Gasteiger partial charge in [-0.2, -0.15) is 13.2 Å². The van der Waals surface area contributed by atoms with Crippen LogP contribution in [0, 0.1) is 17.2 Å². The smallest absolute Gasteiger partial charge is 0.395 e. The molecule has 1 saturated carbocycles. The summed E-state index contributed by atoms with van der Waals surface area (Å²) < 4.78 is 61.5. The van der Waals surface area contributed by atoms with Crippen LogP contribution in [0.1, 0.15) is 62.2 Å². The molecule has 7 nitrogen and oxygen atoms in total. The third kappa shape index (κ3) is 5.78. The van der Waals surface area contributed by atoms with Gasteiger partial charge in [0.1, 0.15) is 17.1 Å². The van der Waals surface area contributed by atoms with Crippen LogP contribution in [0.5, 0.6) is 5.75 Å². The minimum absolute atomic E-state index is 0.0895. The molecule has 2 aromatic rings. The summed E-state index contributed by atoms with van der Waals surface area (Å²) in [4.78, 5) is 32.6. The summed E-state index contributed by atoms with van der Waals surface area (Å²) in [7, 11) is 0. The van der Waals surface area contributed by atoms with Crippen molar-refractivity contribution >= 4 is 11.8 Å². The van der Waals surface area contributed by atoms with Gasteiger partial charge >= 0.3 is 6.18 Å². The molecule has 3 aliphatic rings. The zero-order chi connectivity index (χ0) is 29.4. The monoisotopic (exact) mass is 576 g/mol. The van der Waals surface area contributed by atoms with E-state index in [0.717, 1.165) is 18.9 Å². The summed E-state index contributed by atoms with van der Waals surface area (Å²) in [5.41, 5.74) is 3.64. The Kier molecular flexibility index (Phi) is 8.02. The molecule has 41 heavy (non-hydrogen) atoms. The Bertz CT molecular complexity index is 1270. The van der Waals surface area contributed by atoms with Crippen molar-refractivity contribution in [2.24, 2.45) is 17.1 Å². The average molecular weight is 577 g/mol. The molecule has 222 valence electrons. The number of amides is 2. The second kappa shape index (κ2) is 11.2. The molecule has 2 aliphatic heterocycles. The predicted molar refractivity (Wildman–Crippen MR) is 144 cm³/mol. The number of hydrogen-bond acceptors (Lipinski definition) is 5. The molecule has 0 spiro atoms. The molecule has 0 bridgehead atoms. The first kappa shape index (κ1) is 29.3. The number of pyridine rings is 1. The highest BCUT2D eigenvalue weighted by Gasteiger charge is 2.58. The molecule has 2 N–H and O–H groups in total. The normalized spacial score (nSPS) is 23.3. The van der Waals surface area contributed by atoms with E-state index in [4.69, 9.17) is 10.5 Å². The van der Waals surface area contributed by atoms with Crippen LogP contribution < -0.4 is 10.5 Å². The first-order chi connectivity index (χ1) is 19.4. The third-order valence-electron chi connectivity index (χ3n) is 9.28. The number of ether oxygens (including phenoxy) is 1. The fourth-order valence-corrected chi connectivity index (χ4v) is 6.27. The second-order valence-electron chi connectivity index (χ2n) is 11.9. The molecule has 2 amide bonds. The Hall–Kier alpha value is -3.21. The number of benzene rings is 1. The lowest BCUT2D eigenvalue weighted by Crippen LogP contribution is -2.53.